The summed E-state index contributed by atoms with van der Waals surface area (Å²) in [6.07, 6.45) is 0.558. The molecule has 1 unspecified atom stereocenters. The van der Waals surface area contributed by atoms with Crippen molar-refractivity contribution in [2.24, 2.45) is 0 Å². The maximum absolute atomic E-state index is 11.4. The minimum absolute atomic E-state index is 0.137. The first-order valence-corrected chi connectivity index (χ1v) is 5.55. The summed E-state index contributed by atoms with van der Waals surface area (Å²) in [5.74, 6) is -0.246. The predicted molar refractivity (Wildman–Crippen MR) is 58.0 cm³/mol. The van der Waals surface area contributed by atoms with Crippen molar-refractivity contribution < 1.29 is 9.90 Å². The number of rotatable bonds is 4. The van der Waals surface area contributed by atoms with E-state index >= 15 is 0 Å². The van der Waals surface area contributed by atoms with Crippen LogP contribution in [0.5, 0.6) is 0 Å². The first-order valence-electron chi connectivity index (χ1n) is 4.61. The molecule has 2 aromatic rings. The van der Waals surface area contributed by atoms with Crippen LogP contribution in [0.1, 0.15) is 22.3 Å². The molecule has 1 atom stereocenters. The van der Waals surface area contributed by atoms with Crippen molar-refractivity contribution in [2.75, 3.05) is 6.54 Å². The van der Waals surface area contributed by atoms with E-state index in [1.54, 1.807) is 0 Å². The van der Waals surface area contributed by atoms with Crippen LogP contribution in [-0.2, 0) is 0 Å². The molecular formula is C9H10N4O2S. The van der Waals surface area contributed by atoms with E-state index in [0.29, 0.717) is 0 Å². The lowest BCUT2D eigenvalue weighted by Crippen LogP contribution is -2.29. The van der Waals surface area contributed by atoms with Gasteiger partial charge in [-0.05, 0) is 22.4 Å². The molecule has 0 spiro atoms. The van der Waals surface area contributed by atoms with E-state index in [-0.39, 0.29) is 18.3 Å². The summed E-state index contributed by atoms with van der Waals surface area (Å²) in [4.78, 5) is 15.1. The molecule has 0 aliphatic carbocycles. The number of aromatic amines is 1. The summed E-state index contributed by atoms with van der Waals surface area (Å²) in [6, 6.07) is 1.82. The van der Waals surface area contributed by atoms with E-state index in [1.807, 2.05) is 16.8 Å². The standard InChI is InChI=1S/C9H10N4O2S/c14-7(6-1-2-16-4-6)3-10-9(15)8-11-5-12-13-8/h1-2,4-5,7,14H,3H2,(H,10,15)(H,11,12,13). The van der Waals surface area contributed by atoms with Crippen molar-refractivity contribution >= 4 is 17.2 Å². The summed E-state index contributed by atoms with van der Waals surface area (Å²) < 4.78 is 0. The van der Waals surface area contributed by atoms with Gasteiger partial charge in [-0.25, -0.2) is 4.98 Å². The topological polar surface area (TPSA) is 90.9 Å². The molecule has 0 aromatic carbocycles. The molecule has 2 aromatic heterocycles. The van der Waals surface area contributed by atoms with E-state index in [9.17, 15) is 9.90 Å². The Morgan fingerprint density at radius 3 is 3.19 bits per heavy atom. The third kappa shape index (κ3) is 2.44. The molecule has 2 rings (SSSR count). The van der Waals surface area contributed by atoms with Crippen LogP contribution in [0.2, 0.25) is 0 Å². The van der Waals surface area contributed by atoms with Gasteiger partial charge in [0.25, 0.3) is 5.91 Å². The highest BCUT2D eigenvalue weighted by Gasteiger charge is 2.12. The maximum Gasteiger partial charge on any atom is 0.288 e. The molecule has 0 aliphatic rings. The molecular weight excluding hydrogens is 228 g/mol. The van der Waals surface area contributed by atoms with Crippen molar-refractivity contribution in [1.82, 2.24) is 20.5 Å². The molecule has 0 radical (unpaired) electrons. The number of H-pyrrole nitrogens is 1. The normalized spacial score (nSPS) is 12.3. The predicted octanol–water partition coefficient (Wildman–Crippen LogP) is 0.330. The van der Waals surface area contributed by atoms with Gasteiger partial charge < -0.3 is 10.4 Å². The second kappa shape index (κ2) is 4.86. The van der Waals surface area contributed by atoms with Gasteiger partial charge in [0.2, 0.25) is 5.82 Å². The number of hydrogen-bond acceptors (Lipinski definition) is 5. The summed E-state index contributed by atoms with van der Waals surface area (Å²) in [6.45, 7) is 0.149. The average Bonchev–Trinajstić information content (AvgIpc) is 2.95. The quantitative estimate of drug-likeness (QED) is 0.716. The van der Waals surface area contributed by atoms with Crippen LogP contribution in [0.25, 0.3) is 0 Å². The highest BCUT2D eigenvalue weighted by atomic mass is 32.1. The first-order chi connectivity index (χ1) is 7.77. The van der Waals surface area contributed by atoms with Gasteiger partial charge in [-0.1, -0.05) is 0 Å². The van der Waals surface area contributed by atoms with Crippen molar-refractivity contribution in [3.05, 3.63) is 34.5 Å². The number of carbonyl (C=O) groups excluding carboxylic acids is 1. The van der Waals surface area contributed by atoms with Crippen molar-refractivity contribution in [3.63, 3.8) is 0 Å². The highest BCUT2D eigenvalue weighted by Crippen LogP contribution is 2.14. The van der Waals surface area contributed by atoms with Crippen molar-refractivity contribution in [3.8, 4) is 0 Å². The molecule has 0 fully saturated rings. The summed E-state index contributed by atoms with van der Waals surface area (Å²) in [5.41, 5.74) is 0.794. The van der Waals surface area contributed by atoms with Crippen LogP contribution in [0, 0.1) is 0 Å². The number of aliphatic hydroxyl groups excluding tert-OH is 1. The summed E-state index contributed by atoms with van der Waals surface area (Å²) in [7, 11) is 0. The fraction of sp³-hybridized carbons (Fsp3) is 0.222. The Bertz CT molecular complexity index is 440. The molecule has 3 N–H and O–H groups in total. The van der Waals surface area contributed by atoms with E-state index < -0.39 is 6.10 Å². The molecule has 1 amide bonds. The summed E-state index contributed by atoms with van der Waals surface area (Å²) in [5, 5.41) is 22.0. The zero-order valence-electron chi connectivity index (χ0n) is 8.25. The van der Waals surface area contributed by atoms with Gasteiger partial charge in [0.15, 0.2) is 0 Å². The van der Waals surface area contributed by atoms with Crippen LogP contribution in [0.15, 0.2) is 23.2 Å². The highest BCUT2D eigenvalue weighted by molar-refractivity contribution is 7.07. The van der Waals surface area contributed by atoms with Gasteiger partial charge in [0.1, 0.15) is 6.33 Å². The number of nitrogens with zero attached hydrogens (tertiary/aromatic N) is 2. The Labute approximate surface area is 95.3 Å². The Morgan fingerprint density at radius 2 is 2.56 bits per heavy atom. The number of carbonyl (C=O) groups is 1. The number of hydrogen-bond donors (Lipinski definition) is 3. The lowest BCUT2D eigenvalue weighted by molar-refractivity contribution is 0.0906. The Morgan fingerprint density at radius 1 is 1.69 bits per heavy atom. The average molecular weight is 238 g/mol. The monoisotopic (exact) mass is 238 g/mol. The Hall–Kier alpha value is -1.73. The van der Waals surface area contributed by atoms with Crippen LogP contribution >= 0.6 is 11.3 Å². The van der Waals surface area contributed by atoms with E-state index in [2.05, 4.69) is 20.5 Å². The Balaban J connectivity index is 1.86. The number of thiophene rings is 1. The molecule has 16 heavy (non-hydrogen) atoms. The smallest absolute Gasteiger partial charge is 0.288 e. The minimum atomic E-state index is -0.696. The molecule has 2 heterocycles. The van der Waals surface area contributed by atoms with Crippen molar-refractivity contribution in [1.29, 1.82) is 0 Å². The molecule has 6 nitrogen and oxygen atoms in total. The van der Waals surface area contributed by atoms with Gasteiger partial charge >= 0.3 is 0 Å². The maximum atomic E-state index is 11.4. The van der Waals surface area contributed by atoms with Gasteiger partial charge in [-0.15, -0.1) is 0 Å². The van der Waals surface area contributed by atoms with Gasteiger partial charge in [-0.2, -0.15) is 16.4 Å². The molecule has 0 saturated carbocycles. The number of amides is 1. The first kappa shape index (κ1) is 10.8. The van der Waals surface area contributed by atoms with Crippen LogP contribution in [-0.4, -0.2) is 32.7 Å². The molecule has 7 heteroatoms. The van der Waals surface area contributed by atoms with Crippen LogP contribution in [0.4, 0.5) is 0 Å². The molecule has 84 valence electrons. The largest absolute Gasteiger partial charge is 0.387 e. The number of nitrogens with one attached hydrogen (secondary N) is 2. The third-order valence-electron chi connectivity index (χ3n) is 2.01. The fourth-order valence-electron chi connectivity index (χ4n) is 1.17. The van der Waals surface area contributed by atoms with Crippen LogP contribution < -0.4 is 5.32 Å². The SMILES string of the molecule is O=C(NCC(O)c1ccsc1)c1ncn[nH]1. The lowest BCUT2D eigenvalue weighted by Gasteiger charge is -2.09. The second-order valence-corrected chi connectivity index (χ2v) is 3.90. The van der Waals surface area contributed by atoms with E-state index in [1.165, 1.54) is 17.7 Å². The molecule has 0 aliphatic heterocycles. The Kier molecular flexibility index (Phi) is 3.28. The van der Waals surface area contributed by atoms with E-state index in [0.717, 1.165) is 5.56 Å². The lowest BCUT2D eigenvalue weighted by atomic mass is 10.2. The van der Waals surface area contributed by atoms with Crippen molar-refractivity contribution in [2.45, 2.75) is 6.10 Å². The molecule has 0 bridgehead atoms. The number of aromatic nitrogens is 3. The van der Waals surface area contributed by atoms with Crippen LogP contribution in [0.3, 0.4) is 0 Å². The number of aliphatic hydroxyl groups is 1. The second-order valence-electron chi connectivity index (χ2n) is 3.12. The fourth-order valence-corrected chi connectivity index (χ4v) is 1.88. The molecule has 0 saturated heterocycles. The van der Waals surface area contributed by atoms with Gasteiger partial charge in [-0.3, -0.25) is 9.89 Å². The summed E-state index contributed by atoms with van der Waals surface area (Å²) >= 11 is 1.50. The third-order valence-corrected chi connectivity index (χ3v) is 2.72. The van der Waals surface area contributed by atoms with E-state index in [4.69, 9.17) is 0 Å². The van der Waals surface area contributed by atoms with Gasteiger partial charge in [0, 0.05) is 6.54 Å². The zero-order valence-corrected chi connectivity index (χ0v) is 9.07. The minimum Gasteiger partial charge on any atom is -0.387 e. The zero-order chi connectivity index (χ0) is 11.4. The van der Waals surface area contributed by atoms with Gasteiger partial charge in [0.05, 0.1) is 6.10 Å².